The molecule has 108 valence electrons. The van der Waals surface area contributed by atoms with Crippen molar-refractivity contribution in [2.75, 3.05) is 0 Å². The summed E-state index contributed by atoms with van der Waals surface area (Å²) in [6, 6.07) is 4.79. The first-order valence-corrected chi connectivity index (χ1v) is 7.07. The van der Waals surface area contributed by atoms with Crippen LogP contribution in [-0.2, 0) is 11.2 Å². The van der Waals surface area contributed by atoms with Crippen LogP contribution in [0.4, 0.5) is 4.39 Å². The van der Waals surface area contributed by atoms with Gasteiger partial charge in [0.2, 0.25) is 5.91 Å². The maximum atomic E-state index is 13.4. The molecule has 0 bridgehead atoms. The number of aromatic amines is 1. The van der Waals surface area contributed by atoms with Crippen LogP contribution in [-0.4, -0.2) is 16.9 Å². The lowest BCUT2D eigenvalue weighted by Crippen LogP contribution is -2.33. The van der Waals surface area contributed by atoms with E-state index in [2.05, 4.69) is 17.2 Å². The van der Waals surface area contributed by atoms with Crippen molar-refractivity contribution >= 4 is 16.8 Å². The molecule has 2 aromatic rings. The molecule has 0 aliphatic rings. The van der Waals surface area contributed by atoms with Gasteiger partial charge in [-0.1, -0.05) is 13.3 Å². The molecule has 1 atom stereocenters. The zero-order chi connectivity index (χ0) is 14.7. The summed E-state index contributed by atoms with van der Waals surface area (Å²) in [6.07, 6.45) is 2.29. The van der Waals surface area contributed by atoms with Gasteiger partial charge in [-0.2, -0.15) is 0 Å². The Hall–Kier alpha value is -1.84. The molecule has 4 heteroatoms. The van der Waals surface area contributed by atoms with E-state index in [-0.39, 0.29) is 24.2 Å². The summed E-state index contributed by atoms with van der Waals surface area (Å²) in [7, 11) is 0. The number of nitrogens with one attached hydrogen (secondary N) is 2. The van der Waals surface area contributed by atoms with Crippen molar-refractivity contribution in [1.82, 2.24) is 10.3 Å². The molecule has 0 unspecified atom stereocenters. The molecule has 0 radical (unpaired) electrons. The molecule has 0 aliphatic carbocycles. The van der Waals surface area contributed by atoms with Crippen molar-refractivity contribution < 1.29 is 9.18 Å². The molecule has 0 saturated carbocycles. The Morgan fingerprint density at radius 1 is 1.45 bits per heavy atom. The lowest BCUT2D eigenvalue weighted by atomic mass is 10.1. The molecule has 0 aliphatic heterocycles. The van der Waals surface area contributed by atoms with Crippen LogP contribution in [0.1, 0.15) is 37.9 Å². The molecule has 1 amide bonds. The number of aryl methyl sites for hydroxylation is 1. The zero-order valence-corrected chi connectivity index (χ0v) is 12.2. The second kappa shape index (κ2) is 6.07. The van der Waals surface area contributed by atoms with Gasteiger partial charge in [0, 0.05) is 22.6 Å². The Morgan fingerprint density at radius 3 is 2.90 bits per heavy atom. The fourth-order valence-electron chi connectivity index (χ4n) is 2.57. The summed E-state index contributed by atoms with van der Waals surface area (Å²) < 4.78 is 13.4. The second-order valence-electron chi connectivity index (χ2n) is 5.35. The van der Waals surface area contributed by atoms with Crippen LogP contribution in [0.3, 0.4) is 0 Å². The first-order valence-electron chi connectivity index (χ1n) is 7.07. The van der Waals surface area contributed by atoms with Crippen molar-refractivity contribution in [2.45, 2.75) is 46.1 Å². The van der Waals surface area contributed by atoms with Crippen LogP contribution < -0.4 is 5.32 Å². The average molecular weight is 276 g/mol. The smallest absolute Gasteiger partial charge is 0.224 e. The lowest BCUT2D eigenvalue weighted by Gasteiger charge is -2.12. The third kappa shape index (κ3) is 3.18. The normalized spacial score (nSPS) is 12.6. The van der Waals surface area contributed by atoms with Crippen molar-refractivity contribution in [3.63, 3.8) is 0 Å². The summed E-state index contributed by atoms with van der Waals surface area (Å²) in [5.41, 5.74) is 2.66. The highest BCUT2D eigenvalue weighted by Crippen LogP contribution is 2.23. The summed E-state index contributed by atoms with van der Waals surface area (Å²) in [5, 5.41) is 3.77. The van der Waals surface area contributed by atoms with Crippen molar-refractivity contribution in [3.05, 3.63) is 35.3 Å². The predicted octanol–water partition coefficient (Wildman–Crippen LogP) is 3.46. The Kier molecular flexibility index (Phi) is 4.42. The van der Waals surface area contributed by atoms with Crippen LogP contribution in [0.25, 0.3) is 10.9 Å². The van der Waals surface area contributed by atoms with Gasteiger partial charge in [-0.05, 0) is 44.0 Å². The van der Waals surface area contributed by atoms with Crippen LogP contribution >= 0.6 is 0 Å². The van der Waals surface area contributed by atoms with Gasteiger partial charge in [-0.3, -0.25) is 4.79 Å². The third-order valence-corrected chi connectivity index (χ3v) is 3.55. The summed E-state index contributed by atoms with van der Waals surface area (Å²) >= 11 is 0. The van der Waals surface area contributed by atoms with Crippen molar-refractivity contribution in [1.29, 1.82) is 0 Å². The number of benzene rings is 1. The second-order valence-corrected chi connectivity index (χ2v) is 5.35. The van der Waals surface area contributed by atoms with Gasteiger partial charge in [-0.25, -0.2) is 4.39 Å². The van der Waals surface area contributed by atoms with E-state index in [9.17, 15) is 9.18 Å². The van der Waals surface area contributed by atoms with Crippen LogP contribution in [0, 0.1) is 12.7 Å². The Bertz CT molecular complexity index is 618. The zero-order valence-electron chi connectivity index (χ0n) is 12.2. The predicted molar refractivity (Wildman–Crippen MR) is 79.2 cm³/mol. The Morgan fingerprint density at radius 2 is 2.20 bits per heavy atom. The van der Waals surface area contributed by atoms with E-state index in [4.69, 9.17) is 0 Å². The third-order valence-electron chi connectivity index (χ3n) is 3.55. The van der Waals surface area contributed by atoms with Crippen LogP contribution in [0.2, 0.25) is 0 Å². The number of carbonyl (C=O) groups excluding carboxylic acids is 1. The quantitative estimate of drug-likeness (QED) is 0.863. The van der Waals surface area contributed by atoms with Gasteiger partial charge in [0.15, 0.2) is 0 Å². The van der Waals surface area contributed by atoms with Crippen LogP contribution in [0.15, 0.2) is 18.2 Å². The molecule has 1 heterocycles. The Balaban J connectivity index is 2.18. The fourth-order valence-corrected chi connectivity index (χ4v) is 2.57. The Labute approximate surface area is 118 Å². The van der Waals surface area contributed by atoms with E-state index < -0.39 is 0 Å². The molecule has 2 rings (SSSR count). The van der Waals surface area contributed by atoms with Crippen LogP contribution in [0.5, 0.6) is 0 Å². The standard InChI is InChI=1S/C16H21FN2O/c1-4-5-10(2)18-16(20)9-13-11(3)19-15-7-6-12(17)8-14(13)15/h6-8,10,19H,4-5,9H2,1-3H3,(H,18,20)/t10-/m0/s1. The summed E-state index contributed by atoms with van der Waals surface area (Å²) in [4.78, 5) is 15.2. The number of H-pyrrole nitrogens is 1. The number of carbonyl (C=O) groups is 1. The van der Waals surface area contributed by atoms with Crippen molar-refractivity contribution in [3.8, 4) is 0 Å². The highest BCUT2D eigenvalue weighted by molar-refractivity contribution is 5.90. The molecule has 3 nitrogen and oxygen atoms in total. The van der Waals surface area contributed by atoms with Gasteiger partial charge >= 0.3 is 0 Å². The van der Waals surface area contributed by atoms with Gasteiger partial charge < -0.3 is 10.3 Å². The van der Waals surface area contributed by atoms with E-state index in [0.717, 1.165) is 35.0 Å². The SMILES string of the molecule is CCC[C@H](C)NC(=O)Cc1c(C)[nH]c2ccc(F)cc12. The maximum absolute atomic E-state index is 13.4. The number of rotatable bonds is 5. The molecule has 0 saturated heterocycles. The molecule has 1 aromatic heterocycles. The average Bonchev–Trinajstić information content (AvgIpc) is 2.66. The first kappa shape index (κ1) is 14.6. The number of amides is 1. The number of hydrogen-bond donors (Lipinski definition) is 2. The van der Waals surface area contributed by atoms with E-state index in [1.807, 2.05) is 13.8 Å². The highest BCUT2D eigenvalue weighted by atomic mass is 19.1. The number of hydrogen-bond acceptors (Lipinski definition) is 1. The molecule has 0 fully saturated rings. The molecule has 20 heavy (non-hydrogen) atoms. The largest absolute Gasteiger partial charge is 0.358 e. The van der Waals surface area contributed by atoms with Crippen molar-refractivity contribution in [2.24, 2.45) is 0 Å². The number of halogens is 1. The minimum atomic E-state index is -0.280. The van der Waals surface area contributed by atoms with Gasteiger partial charge in [0.25, 0.3) is 0 Å². The molecule has 0 spiro atoms. The van der Waals surface area contributed by atoms with Gasteiger partial charge in [0.05, 0.1) is 6.42 Å². The first-order chi connectivity index (χ1) is 9.51. The van der Waals surface area contributed by atoms with E-state index in [1.165, 1.54) is 12.1 Å². The summed E-state index contributed by atoms with van der Waals surface area (Å²) in [6.45, 7) is 6.01. The van der Waals surface area contributed by atoms with E-state index >= 15 is 0 Å². The molecular weight excluding hydrogens is 255 g/mol. The highest BCUT2D eigenvalue weighted by Gasteiger charge is 2.14. The molecular formula is C16H21FN2O. The molecule has 2 N–H and O–H groups in total. The van der Waals surface area contributed by atoms with E-state index in [0.29, 0.717) is 0 Å². The van der Waals surface area contributed by atoms with Gasteiger partial charge in [0.1, 0.15) is 5.82 Å². The van der Waals surface area contributed by atoms with E-state index in [1.54, 1.807) is 6.07 Å². The minimum Gasteiger partial charge on any atom is -0.358 e. The monoisotopic (exact) mass is 276 g/mol. The lowest BCUT2D eigenvalue weighted by molar-refractivity contribution is -0.121. The number of fused-ring (bicyclic) bond motifs is 1. The minimum absolute atomic E-state index is 0.0146. The maximum Gasteiger partial charge on any atom is 0.224 e. The molecule has 1 aromatic carbocycles. The topological polar surface area (TPSA) is 44.9 Å². The number of aromatic nitrogens is 1. The summed E-state index contributed by atoms with van der Waals surface area (Å²) in [5.74, 6) is -0.295. The fraction of sp³-hybridized carbons (Fsp3) is 0.438. The van der Waals surface area contributed by atoms with Gasteiger partial charge in [-0.15, -0.1) is 0 Å².